The minimum absolute atomic E-state index is 0.0461. The molecule has 1 rings (SSSR count). The van der Waals surface area contributed by atoms with Gasteiger partial charge in [0, 0.05) is 6.42 Å². The third-order valence-electron chi connectivity index (χ3n) is 3.21. The van der Waals surface area contributed by atoms with Crippen molar-refractivity contribution >= 4 is 23.2 Å². The van der Waals surface area contributed by atoms with Gasteiger partial charge in [0.1, 0.15) is 0 Å². The zero-order chi connectivity index (χ0) is 14.6. The summed E-state index contributed by atoms with van der Waals surface area (Å²) in [5.74, 6) is 0.0461. The molecule has 110 valence electrons. The Morgan fingerprint density at radius 3 is 2.45 bits per heavy atom. The molecule has 0 bridgehead atoms. The molecule has 1 aromatic rings. The molecule has 0 spiro atoms. The molecule has 1 N–H and O–H groups in total. The highest BCUT2D eigenvalue weighted by Gasteiger charge is 2.04. The Morgan fingerprint density at radius 1 is 1.10 bits per heavy atom. The summed E-state index contributed by atoms with van der Waals surface area (Å²) < 4.78 is 0. The number of halogens is 1. The van der Waals surface area contributed by atoms with Crippen molar-refractivity contribution < 1.29 is 4.79 Å². The summed E-state index contributed by atoms with van der Waals surface area (Å²) in [5, 5.41) is 3.43. The third-order valence-corrected chi connectivity index (χ3v) is 3.54. The summed E-state index contributed by atoms with van der Waals surface area (Å²) in [6, 6.07) is 7.31. The van der Waals surface area contributed by atoms with Crippen LogP contribution in [0.15, 0.2) is 36.9 Å². The van der Waals surface area contributed by atoms with Gasteiger partial charge in [0.25, 0.3) is 0 Å². The molecule has 0 atom stereocenters. The minimum Gasteiger partial charge on any atom is -0.325 e. The first-order chi connectivity index (χ1) is 9.74. The summed E-state index contributed by atoms with van der Waals surface area (Å²) in [6.45, 7) is 3.71. The van der Waals surface area contributed by atoms with Gasteiger partial charge in [0.05, 0.1) is 10.7 Å². The van der Waals surface area contributed by atoms with E-state index in [2.05, 4.69) is 11.9 Å². The average Bonchev–Trinajstić information content (AvgIpc) is 2.44. The van der Waals surface area contributed by atoms with Crippen molar-refractivity contribution in [1.29, 1.82) is 0 Å². The highest BCUT2D eigenvalue weighted by molar-refractivity contribution is 6.33. The minimum atomic E-state index is 0.0461. The van der Waals surface area contributed by atoms with Crippen LogP contribution in [-0.2, 0) is 4.79 Å². The molecule has 0 aliphatic heterocycles. The van der Waals surface area contributed by atoms with E-state index in [4.69, 9.17) is 11.6 Å². The first-order valence-electron chi connectivity index (χ1n) is 7.39. The molecule has 2 nitrogen and oxygen atoms in total. The maximum atomic E-state index is 11.8. The number of amides is 1. The van der Waals surface area contributed by atoms with Crippen LogP contribution in [0, 0.1) is 0 Å². The molecule has 0 aromatic heterocycles. The fourth-order valence-electron chi connectivity index (χ4n) is 2.06. The standard InChI is InChI=1S/C17H24ClNO/c1-2-3-4-5-6-7-8-9-14-17(20)19-16-13-11-10-12-15(16)18/h2,10-13H,1,3-9,14H2,(H,19,20). The molecule has 3 heteroatoms. The number of rotatable bonds is 10. The lowest BCUT2D eigenvalue weighted by molar-refractivity contribution is -0.116. The molecule has 0 radical (unpaired) electrons. The van der Waals surface area contributed by atoms with Crippen molar-refractivity contribution in [2.24, 2.45) is 0 Å². The van der Waals surface area contributed by atoms with Crippen LogP contribution < -0.4 is 5.32 Å². The molecule has 0 heterocycles. The van der Waals surface area contributed by atoms with Crippen molar-refractivity contribution in [2.45, 2.75) is 51.4 Å². The second-order valence-corrected chi connectivity index (χ2v) is 5.38. The number of hydrogen-bond donors (Lipinski definition) is 1. The van der Waals surface area contributed by atoms with Gasteiger partial charge in [-0.1, -0.05) is 55.5 Å². The molecule has 0 unspecified atom stereocenters. The highest BCUT2D eigenvalue weighted by Crippen LogP contribution is 2.20. The Morgan fingerprint density at radius 2 is 1.75 bits per heavy atom. The van der Waals surface area contributed by atoms with E-state index in [-0.39, 0.29) is 5.91 Å². The van der Waals surface area contributed by atoms with Crippen LogP contribution in [0.5, 0.6) is 0 Å². The van der Waals surface area contributed by atoms with Crippen LogP contribution in [0.1, 0.15) is 51.4 Å². The lowest BCUT2D eigenvalue weighted by Crippen LogP contribution is -2.11. The number of para-hydroxylation sites is 1. The molecule has 0 aliphatic rings. The van der Waals surface area contributed by atoms with E-state index in [0.717, 1.165) is 19.3 Å². The Bertz CT molecular complexity index is 417. The van der Waals surface area contributed by atoms with Crippen molar-refractivity contribution in [2.75, 3.05) is 5.32 Å². The molecule has 0 fully saturated rings. The second-order valence-electron chi connectivity index (χ2n) is 4.98. The predicted molar refractivity (Wildman–Crippen MR) is 87.2 cm³/mol. The monoisotopic (exact) mass is 293 g/mol. The smallest absolute Gasteiger partial charge is 0.224 e. The highest BCUT2D eigenvalue weighted by atomic mass is 35.5. The summed E-state index contributed by atoms with van der Waals surface area (Å²) in [7, 11) is 0. The van der Waals surface area contributed by atoms with Gasteiger partial charge < -0.3 is 5.32 Å². The fraction of sp³-hybridized carbons (Fsp3) is 0.471. The van der Waals surface area contributed by atoms with Gasteiger partial charge in [0.15, 0.2) is 0 Å². The van der Waals surface area contributed by atoms with E-state index < -0.39 is 0 Å². The Kier molecular flexibility index (Phi) is 8.81. The molecular weight excluding hydrogens is 270 g/mol. The van der Waals surface area contributed by atoms with Gasteiger partial charge in [-0.2, -0.15) is 0 Å². The normalized spacial score (nSPS) is 10.2. The van der Waals surface area contributed by atoms with E-state index in [1.54, 1.807) is 6.07 Å². The number of hydrogen-bond acceptors (Lipinski definition) is 1. The lowest BCUT2D eigenvalue weighted by atomic mass is 10.1. The quantitative estimate of drug-likeness (QED) is 0.442. The molecule has 0 aliphatic carbocycles. The second kappa shape index (κ2) is 10.5. The summed E-state index contributed by atoms with van der Waals surface area (Å²) in [4.78, 5) is 11.8. The number of carbonyl (C=O) groups excluding carboxylic acids is 1. The first-order valence-corrected chi connectivity index (χ1v) is 7.77. The number of anilines is 1. The number of allylic oxidation sites excluding steroid dienone is 1. The average molecular weight is 294 g/mol. The number of unbranched alkanes of at least 4 members (excludes halogenated alkanes) is 6. The van der Waals surface area contributed by atoms with Crippen molar-refractivity contribution in [3.05, 3.63) is 41.9 Å². The molecule has 1 aromatic carbocycles. The van der Waals surface area contributed by atoms with E-state index >= 15 is 0 Å². The van der Waals surface area contributed by atoms with Gasteiger partial charge in [-0.05, 0) is 31.4 Å². The lowest BCUT2D eigenvalue weighted by Gasteiger charge is -2.06. The van der Waals surface area contributed by atoms with E-state index in [1.807, 2.05) is 24.3 Å². The maximum absolute atomic E-state index is 11.8. The van der Waals surface area contributed by atoms with Gasteiger partial charge in [-0.15, -0.1) is 6.58 Å². The van der Waals surface area contributed by atoms with Gasteiger partial charge in [-0.25, -0.2) is 0 Å². The Labute approximate surface area is 127 Å². The molecule has 0 saturated carbocycles. The number of nitrogens with one attached hydrogen (secondary N) is 1. The van der Waals surface area contributed by atoms with Crippen LogP contribution >= 0.6 is 11.6 Å². The molecule has 0 saturated heterocycles. The summed E-state index contributed by atoms with van der Waals surface area (Å²) in [5.41, 5.74) is 0.698. The summed E-state index contributed by atoms with van der Waals surface area (Å²) >= 11 is 5.99. The molecular formula is C17H24ClNO. The van der Waals surface area contributed by atoms with Crippen molar-refractivity contribution in [1.82, 2.24) is 0 Å². The topological polar surface area (TPSA) is 29.1 Å². The van der Waals surface area contributed by atoms with E-state index in [1.165, 1.54) is 25.7 Å². The van der Waals surface area contributed by atoms with Crippen LogP contribution in [0.4, 0.5) is 5.69 Å². The predicted octanol–water partition coefficient (Wildman–Crippen LogP) is 5.59. The molecule has 1 amide bonds. The zero-order valence-corrected chi connectivity index (χ0v) is 12.8. The maximum Gasteiger partial charge on any atom is 0.224 e. The summed E-state index contributed by atoms with van der Waals surface area (Å²) in [6.07, 6.45) is 10.7. The molecule has 20 heavy (non-hydrogen) atoms. The first kappa shape index (κ1) is 16.8. The van der Waals surface area contributed by atoms with Gasteiger partial charge >= 0.3 is 0 Å². The van der Waals surface area contributed by atoms with Crippen LogP contribution in [0.3, 0.4) is 0 Å². The van der Waals surface area contributed by atoms with Gasteiger partial charge in [-0.3, -0.25) is 4.79 Å². The third kappa shape index (κ3) is 7.34. The Balaban J connectivity index is 2.06. The van der Waals surface area contributed by atoms with Crippen LogP contribution in [0.25, 0.3) is 0 Å². The van der Waals surface area contributed by atoms with Crippen LogP contribution in [-0.4, -0.2) is 5.91 Å². The van der Waals surface area contributed by atoms with E-state index in [0.29, 0.717) is 17.1 Å². The number of carbonyl (C=O) groups is 1. The van der Waals surface area contributed by atoms with E-state index in [9.17, 15) is 4.79 Å². The van der Waals surface area contributed by atoms with Crippen molar-refractivity contribution in [3.8, 4) is 0 Å². The largest absolute Gasteiger partial charge is 0.325 e. The zero-order valence-electron chi connectivity index (χ0n) is 12.0. The van der Waals surface area contributed by atoms with Crippen molar-refractivity contribution in [3.63, 3.8) is 0 Å². The number of benzene rings is 1. The SMILES string of the molecule is C=CCCCCCCCCC(=O)Nc1ccccc1Cl. The fourth-order valence-corrected chi connectivity index (χ4v) is 2.24. The van der Waals surface area contributed by atoms with Gasteiger partial charge in [0.2, 0.25) is 5.91 Å². The Hall–Kier alpha value is -1.28. The van der Waals surface area contributed by atoms with Crippen LogP contribution in [0.2, 0.25) is 5.02 Å².